The summed E-state index contributed by atoms with van der Waals surface area (Å²) < 4.78 is 28.7. The molecule has 5 aromatic rings. The van der Waals surface area contributed by atoms with Crippen LogP contribution >= 0.6 is 0 Å². The van der Waals surface area contributed by atoms with E-state index in [2.05, 4.69) is 41.4 Å². The molecule has 3 aliphatic rings. The topological polar surface area (TPSA) is 258 Å². The number of H-pyrrole nitrogens is 1. The number of imide groups is 1. The second-order valence-electron chi connectivity index (χ2n) is 20.9. The van der Waals surface area contributed by atoms with Gasteiger partial charge in [-0.25, -0.2) is 4.79 Å². The fourth-order valence-electron chi connectivity index (χ4n) is 9.66. The van der Waals surface area contributed by atoms with Gasteiger partial charge in [0.1, 0.15) is 22.9 Å². The first-order valence-corrected chi connectivity index (χ1v) is 27.2. The van der Waals surface area contributed by atoms with Gasteiger partial charge in [0, 0.05) is 78.7 Å². The van der Waals surface area contributed by atoms with Crippen molar-refractivity contribution in [1.82, 2.24) is 40.6 Å². The number of fused-ring (bicyclic) bond motifs is 1. The lowest BCUT2D eigenvalue weighted by molar-refractivity contribution is -0.137. The average molecular weight is 1090 g/mol. The molecule has 8 rings (SSSR count). The molecule has 2 saturated heterocycles. The van der Waals surface area contributed by atoms with E-state index in [4.69, 9.17) is 23.7 Å². The molecular weight excluding hydrogens is 1010 g/mol. The number of aromatic nitrogens is 4. The standard InChI is InChI=1S/C58H72N10O11/c1-39(60-52(71)42-13-9-14-43(36-42)64-58(23-27-67(28-24-58)56(74)79-57(2,3)4)55-63-51(65-66-55)40-20-25-59-26-21-40)41-12-10-15-44(37-41)78-30-8-6-5-7-29-75-32-34-77-35-33-76-31-22-50(70)61-47-17-11-16-45-46(47)38-68(54(45)73)48-18-19-49(69)62-53(48)72/h9-17,20-21,25-26,36-37,39,48,64H,5-8,18-19,22-24,27-35,38H2,1-4H3,(H,60,71)(H,61,70)(H,62,69,72)(H,63,65,66)/t39-,48?/m1/s1. The molecule has 0 radical (unpaired) electrons. The van der Waals surface area contributed by atoms with Crippen LogP contribution in [-0.2, 0) is 45.4 Å². The SMILES string of the molecule is C[C@@H](NC(=O)c1cccc(NC2(c3nnc(-c4ccncc4)[nH]3)CCN(C(=O)OC(C)(C)C)CC2)c1)c1cccc(OCCCCCCOCCOCCOCCC(=O)Nc2cccc3c2CN(C2CCC(=O)NC2=O)C3=O)c1. The highest BCUT2D eigenvalue weighted by molar-refractivity contribution is 6.07. The van der Waals surface area contributed by atoms with Crippen molar-refractivity contribution >= 4 is 47.0 Å². The molecule has 3 aliphatic heterocycles. The van der Waals surface area contributed by atoms with Gasteiger partial charge in [-0.05, 0) is 126 Å². The molecule has 6 amide bonds. The highest BCUT2D eigenvalue weighted by atomic mass is 16.6. The van der Waals surface area contributed by atoms with E-state index in [1.54, 1.807) is 41.6 Å². The van der Waals surface area contributed by atoms with Crippen molar-refractivity contribution in [3.8, 4) is 17.1 Å². The van der Waals surface area contributed by atoms with Crippen molar-refractivity contribution in [2.24, 2.45) is 0 Å². The Hall–Kier alpha value is -7.75. The third kappa shape index (κ3) is 15.9. The Kier molecular flexibility index (Phi) is 19.8. The Balaban J connectivity index is 0.678. The zero-order chi connectivity index (χ0) is 55.8. The molecule has 0 spiro atoms. The van der Waals surface area contributed by atoms with Gasteiger partial charge in [-0.15, -0.1) is 10.2 Å². The molecule has 21 nitrogen and oxygen atoms in total. The number of piperidine rings is 2. The molecule has 21 heteroatoms. The van der Waals surface area contributed by atoms with Gasteiger partial charge in [-0.3, -0.25) is 34.3 Å². The molecule has 5 N–H and O–H groups in total. The van der Waals surface area contributed by atoms with Gasteiger partial charge in [-0.1, -0.05) is 30.7 Å². The van der Waals surface area contributed by atoms with E-state index >= 15 is 0 Å². The van der Waals surface area contributed by atoms with Crippen molar-refractivity contribution in [3.63, 3.8) is 0 Å². The monoisotopic (exact) mass is 1080 g/mol. The molecule has 2 fully saturated rings. The highest BCUT2D eigenvalue weighted by Crippen LogP contribution is 2.37. The van der Waals surface area contributed by atoms with E-state index in [1.165, 1.54) is 4.90 Å². The van der Waals surface area contributed by atoms with Gasteiger partial charge in [0.2, 0.25) is 17.7 Å². The van der Waals surface area contributed by atoms with Crippen molar-refractivity contribution in [2.75, 3.05) is 70.0 Å². The molecule has 0 saturated carbocycles. The van der Waals surface area contributed by atoms with Crippen LogP contribution in [0.5, 0.6) is 5.75 Å². The molecule has 420 valence electrons. The summed E-state index contributed by atoms with van der Waals surface area (Å²) in [6.07, 6.45) is 8.39. The normalized spacial score (nSPS) is 16.5. The lowest BCUT2D eigenvalue weighted by Gasteiger charge is -2.41. The van der Waals surface area contributed by atoms with Gasteiger partial charge < -0.3 is 54.4 Å². The zero-order valence-corrected chi connectivity index (χ0v) is 45.5. The summed E-state index contributed by atoms with van der Waals surface area (Å²) in [7, 11) is 0. The number of rotatable bonds is 26. The summed E-state index contributed by atoms with van der Waals surface area (Å²) in [4.78, 5) is 87.3. The predicted octanol–water partition coefficient (Wildman–Crippen LogP) is 7.47. The number of unbranched alkanes of at least 4 members (excludes halogenated alkanes) is 3. The number of hydrogen-bond donors (Lipinski definition) is 5. The number of nitrogens with zero attached hydrogens (tertiary/aromatic N) is 5. The summed E-state index contributed by atoms with van der Waals surface area (Å²) in [5.41, 5.74) is 3.20. The third-order valence-electron chi connectivity index (χ3n) is 13.9. The third-order valence-corrected chi connectivity index (χ3v) is 13.9. The number of hydrogen-bond acceptors (Lipinski definition) is 15. The first kappa shape index (κ1) is 57.4. The van der Waals surface area contributed by atoms with Gasteiger partial charge in [-0.2, -0.15) is 0 Å². The van der Waals surface area contributed by atoms with Crippen LogP contribution in [0.15, 0.2) is 91.3 Å². The Morgan fingerprint density at radius 3 is 2.27 bits per heavy atom. The van der Waals surface area contributed by atoms with Crippen LogP contribution in [-0.4, -0.2) is 137 Å². The number of aromatic amines is 1. The van der Waals surface area contributed by atoms with Crippen LogP contribution in [0.1, 0.15) is 129 Å². The van der Waals surface area contributed by atoms with Crippen molar-refractivity contribution in [1.29, 1.82) is 0 Å². The van der Waals surface area contributed by atoms with E-state index in [0.717, 1.165) is 48.2 Å². The highest BCUT2D eigenvalue weighted by Gasteiger charge is 2.42. The maximum Gasteiger partial charge on any atom is 0.410 e. The molecule has 1 unspecified atom stereocenters. The minimum absolute atomic E-state index is 0.113. The number of ether oxygens (including phenoxy) is 5. The molecule has 0 bridgehead atoms. The molecule has 0 aliphatic carbocycles. The second kappa shape index (κ2) is 27.2. The van der Waals surface area contributed by atoms with E-state index in [-0.39, 0.29) is 68.2 Å². The van der Waals surface area contributed by atoms with Crippen LogP contribution in [0.4, 0.5) is 16.2 Å². The average Bonchev–Trinajstić information content (AvgIpc) is 4.30. The largest absolute Gasteiger partial charge is 0.494 e. The van der Waals surface area contributed by atoms with Gasteiger partial charge in [0.15, 0.2) is 11.6 Å². The van der Waals surface area contributed by atoms with Crippen LogP contribution in [0, 0.1) is 0 Å². The van der Waals surface area contributed by atoms with E-state index < -0.39 is 23.1 Å². The number of carbonyl (C=O) groups excluding carboxylic acids is 6. The van der Waals surface area contributed by atoms with Crippen LogP contribution < -0.4 is 26.0 Å². The van der Waals surface area contributed by atoms with E-state index in [1.807, 2.05) is 82.3 Å². The second-order valence-corrected chi connectivity index (χ2v) is 20.9. The molecule has 3 aromatic carbocycles. The minimum atomic E-state index is -0.731. The number of amides is 6. The maximum atomic E-state index is 13.7. The molecule has 79 heavy (non-hydrogen) atoms. The van der Waals surface area contributed by atoms with Crippen LogP contribution in [0.3, 0.4) is 0 Å². The number of pyridine rings is 1. The van der Waals surface area contributed by atoms with Crippen molar-refractivity contribution in [2.45, 2.75) is 115 Å². The quantitative estimate of drug-likeness (QED) is 0.0266. The van der Waals surface area contributed by atoms with Crippen molar-refractivity contribution in [3.05, 3.63) is 119 Å². The minimum Gasteiger partial charge on any atom is -0.494 e. The predicted molar refractivity (Wildman–Crippen MR) is 293 cm³/mol. The Labute approximate surface area is 460 Å². The zero-order valence-electron chi connectivity index (χ0n) is 45.5. The number of benzene rings is 3. The van der Waals surface area contributed by atoms with Crippen LogP contribution in [0.2, 0.25) is 0 Å². The Bertz CT molecular complexity index is 2900. The summed E-state index contributed by atoms with van der Waals surface area (Å²) in [6, 6.07) is 22.9. The Morgan fingerprint density at radius 1 is 0.810 bits per heavy atom. The number of nitrogens with one attached hydrogen (secondary N) is 5. The van der Waals surface area contributed by atoms with Gasteiger partial charge in [0.05, 0.1) is 52.1 Å². The lowest BCUT2D eigenvalue weighted by atomic mass is 9.86. The van der Waals surface area contributed by atoms with E-state index in [0.29, 0.717) is 99.6 Å². The van der Waals surface area contributed by atoms with Gasteiger partial charge in [0.25, 0.3) is 11.8 Å². The summed E-state index contributed by atoms with van der Waals surface area (Å²) in [6.45, 7) is 11.5. The number of anilines is 2. The Morgan fingerprint density at radius 2 is 1.52 bits per heavy atom. The maximum absolute atomic E-state index is 13.7. The lowest BCUT2D eigenvalue weighted by Crippen LogP contribution is -2.52. The van der Waals surface area contributed by atoms with Crippen LogP contribution in [0.25, 0.3) is 11.4 Å². The smallest absolute Gasteiger partial charge is 0.410 e. The number of carbonyl (C=O) groups is 6. The first-order chi connectivity index (χ1) is 38.1. The fraction of sp³-hybridized carbons (Fsp3) is 0.466. The molecule has 2 aromatic heterocycles. The van der Waals surface area contributed by atoms with E-state index in [9.17, 15) is 28.8 Å². The van der Waals surface area contributed by atoms with Gasteiger partial charge >= 0.3 is 6.09 Å². The molecular formula is C58H72N10O11. The number of likely N-dealkylation sites (tertiary alicyclic amines) is 1. The fourth-order valence-corrected chi connectivity index (χ4v) is 9.66. The van der Waals surface area contributed by atoms with Crippen molar-refractivity contribution < 1.29 is 52.5 Å². The summed E-state index contributed by atoms with van der Waals surface area (Å²) in [5, 5.41) is 21.0. The molecule has 2 atom stereocenters. The summed E-state index contributed by atoms with van der Waals surface area (Å²) in [5.74, 6) is 0.338. The first-order valence-electron chi connectivity index (χ1n) is 27.2. The summed E-state index contributed by atoms with van der Waals surface area (Å²) >= 11 is 0. The molecule has 5 heterocycles.